The quantitative estimate of drug-likeness (QED) is 0.409. The van der Waals surface area contributed by atoms with Crippen LogP contribution in [-0.2, 0) is 0 Å². The summed E-state index contributed by atoms with van der Waals surface area (Å²) in [4.78, 5) is 0. The van der Waals surface area contributed by atoms with Gasteiger partial charge in [0.2, 0.25) is 0 Å². The molecule has 1 radical (unpaired) electrons. The number of furan rings is 1. The molecule has 0 fully saturated rings. The van der Waals surface area contributed by atoms with Gasteiger partial charge in [-0.15, -0.1) is 0 Å². The summed E-state index contributed by atoms with van der Waals surface area (Å²) in [6, 6.07) is 30.5. The van der Waals surface area contributed by atoms with Crippen molar-refractivity contribution in [2.75, 3.05) is 0 Å². The Morgan fingerprint density at radius 1 is 0.679 bits per heavy atom. The molecule has 0 saturated carbocycles. The third-order valence-corrected chi connectivity index (χ3v) is 4.97. The average molecular weight is 363 g/mol. The smallest absolute Gasteiger partial charge is 0.535 e. The summed E-state index contributed by atoms with van der Waals surface area (Å²) in [7, 11) is 0.674. The second-order valence-electron chi connectivity index (χ2n) is 6.55. The predicted octanol–water partition coefficient (Wildman–Crippen LogP) is 5.83. The maximum absolute atomic E-state index is 9.06. The Morgan fingerprint density at radius 3 is 2.21 bits per heavy atom. The van der Waals surface area contributed by atoms with Gasteiger partial charge in [-0.05, 0) is 34.4 Å². The minimum atomic E-state index is 0.485. The molecule has 4 heteroatoms. The zero-order valence-electron chi connectivity index (χ0n) is 15.0. The molecule has 28 heavy (non-hydrogen) atoms. The highest BCUT2D eigenvalue weighted by Gasteiger charge is 2.17. The molecule has 4 aromatic carbocycles. The lowest BCUT2D eigenvalue weighted by Gasteiger charge is -2.11. The van der Waals surface area contributed by atoms with Crippen LogP contribution < -0.4 is 4.65 Å². The average Bonchev–Trinajstić information content (AvgIpc) is 3.15. The van der Waals surface area contributed by atoms with Crippen LogP contribution >= 0.6 is 0 Å². The molecule has 0 bridgehead atoms. The van der Waals surface area contributed by atoms with Crippen LogP contribution in [0.3, 0.4) is 0 Å². The summed E-state index contributed by atoms with van der Waals surface area (Å²) in [5.41, 5.74) is 5.97. The highest BCUT2D eigenvalue weighted by atomic mass is 16.5. The van der Waals surface area contributed by atoms with E-state index in [1.165, 1.54) is 11.1 Å². The van der Waals surface area contributed by atoms with E-state index in [2.05, 4.69) is 54.6 Å². The highest BCUT2D eigenvalue weighted by Crippen LogP contribution is 2.42. The van der Waals surface area contributed by atoms with Gasteiger partial charge in [-0.3, -0.25) is 0 Å². The lowest BCUT2D eigenvalue weighted by atomic mass is 9.92. The Balaban J connectivity index is 1.82. The summed E-state index contributed by atoms with van der Waals surface area (Å²) < 4.78 is 11.3. The van der Waals surface area contributed by atoms with Crippen LogP contribution in [-0.4, -0.2) is 12.7 Å². The van der Waals surface area contributed by atoms with Crippen LogP contribution in [0.25, 0.3) is 44.2 Å². The van der Waals surface area contributed by atoms with Crippen molar-refractivity contribution < 1.29 is 14.1 Å². The summed E-state index contributed by atoms with van der Waals surface area (Å²) in [5, 5.41) is 11.0. The fraction of sp³-hybridized carbons (Fsp3) is 0. The van der Waals surface area contributed by atoms with E-state index in [1.54, 1.807) is 6.07 Å². The minimum absolute atomic E-state index is 0.485. The maximum Gasteiger partial charge on any atom is 0.569 e. The van der Waals surface area contributed by atoms with Crippen LogP contribution in [0, 0.1) is 0 Å². The topological polar surface area (TPSA) is 42.6 Å². The molecule has 1 heterocycles. The van der Waals surface area contributed by atoms with E-state index in [1.807, 2.05) is 30.3 Å². The summed E-state index contributed by atoms with van der Waals surface area (Å²) >= 11 is 0. The third kappa shape index (κ3) is 2.66. The number of rotatable bonds is 4. The molecule has 0 aliphatic heterocycles. The van der Waals surface area contributed by atoms with Crippen molar-refractivity contribution in [1.82, 2.24) is 0 Å². The van der Waals surface area contributed by atoms with Crippen molar-refractivity contribution in [3.63, 3.8) is 0 Å². The molecule has 0 aliphatic carbocycles. The SMILES string of the molecule is O[B]Oc1cccc2c1oc1cccc(-c3ccccc3-c3ccccc3)c12. The van der Waals surface area contributed by atoms with Gasteiger partial charge in [0, 0.05) is 10.8 Å². The summed E-state index contributed by atoms with van der Waals surface area (Å²) in [5.74, 6) is 0.485. The zero-order valence-corrected chi connectivity index (χ0v) is 15.0. The van der Waals surface area contributed by atoms with E-state index in [0.717, 1.165) is 27.5 Å². The number of para-hydroxylation sites is 1. The lowest BCUT2D eigenvalue weighted by Crippen LogP contribution is -1.99. The van der Waals surface area contributed by atoms with Gasteiger partial charge >= 0.3 is 7.69 Å². The molecule has 133 valence electrons. The molecule has 0 amide bonds. The van der Waals surface area contributed by atoms with E-state index < -0.39 is 0 Å². The molecular weight excluding hydrogens is 347 g/mol. The Kier molecular flexibility index (Phi) is 4.11. The van der Waals surface area contributed by atoms with Crippen molar-refractivity contribution in [1.29, 1.82) is 0 Å². The van der Waals surface area contributed by atoms with Crippen molar-refractivity contribution >= 4 is 29.6 Å². The first-order valence-electron chi connectivity index (χ1n) is 9.08. The Bertz CT molecular complexity index is 1280. The van der Waals surface area contributed by atoms with Crippen LogP contribution in [0.15, 0.2) is 95.4 Å². The Morgan fingerprint density at radius 2 is 1.39 bits per heavy atom. The molecule has 0 atom stereocenters. The van der Waals surface area contributed by atoms with Gasteiger partial charge in [0.05, 0.1) is 0 Å². The molecule has 0 spiro atoms. The monoisotopic (exact) mass is 363 g/mol. The van der Waals surface area contributed by atoms with Crippen molar-refractivity contribution in [2.45, 2.75) is 0 Å². The first-order chi connectivity index (χ1) is 13.9. The standard InChI is InChI=1S/C24H16BO3/c26-25-28-22-15-7-13-20-23-19(12-6-14-21(23)27-24(20)22)18-11-5-4-10-17(18)16-8-2-1-3-9-16/h1-15,26H. The van der Waals surface area contributed by atoms with Gasteiger partial charge in [-0.2, -0.15) is 0 Å². The minimum Gasteiger partial charge on any atom is -0.535 e. The Labute approximate surface area is 163 Å². The first kappa shape index (κ1) is 16.7. The summed E-state index contributed by atoms with van der Waals surface area (Å²) in [6.45, 7) is 0. The molecule has 0 aliphatic rings. The second-order valence-corrected chi connectivity index (χ2v) is 6.55. The van der Waals surface area contributed by atoms with E-state index in [-0.39, 0.29) is 0 Å². The second kappa shape index (κ2) is 6.91. The molecule has 5 rings (SSSR count). The molecule has 3 nitrogen and oxygen atoms in total. The van der Waals surface area contributed by atoms with Gasteiger partial charge in [-0.1, -0.05) is 78.9 Å². The van der Waals surface area contributed by atoms with E-state index in [0.29, 0.717) is 19.0 Å². The molecule has 1 N–H and O–H groups in total. The summed E-state index contributed by atoms with van der Waals surface area (Å²) in [6.07, 6.45) is 0. The van der Waals surface area contributed by atoms with Crippen molar-refractivity contribution in [3.05, 3.63) is 91.0 Å². The van der Waals surface area contributed by atoms with E-state index in [4.69, 9.17) is 14.1 Å². The molecule has 1 aromatic heterocycles. The maximum atomic E-state index is 9.06. The number of benzene rings is 4. The van der Waals surface area contributed by atoms with Gasteiger partial charge in [0.25, 0.3) is 0 Å². The Hall–Kier alpha value is -3.50. The molecule has 0 saturated heterocycles. The number of hydrogen-bond acceptors (Lipinski definition) is 3. The number of fused-ring (bicyclic) bond motifs is 3. The fourth-order valence-corrected chi connectivity index (χ4v) is 3.78. The van der Waals surface area contributed by atoms with Crippen LogP contribution in [0.5, 0.6) is 5.75 Å². The van der Waals surface area contributed by atoms with Gasteiger partial charge in [-0.25, -0.2) is 0 Å². The zero-order chi connectivity index (χ0) is 18.9. The van der Waals surface area contributed by atoms with Gasteiger partial charge in [0.15, 0.2) is 5.58 Å². The normalized spacial score (nSPS) is 11.0. The largest absolute Gasteiger partial charge is 0.569 e. The molecule has 0 unspecified atom stereocenters. The van der Waals surface area contributed by atoms with Crippen LogP contribution in [0.4, 0.5) is 0 Å². The van der Waals surface area contributed by atoms with Gasteiger partial charge < -0.3 is 14.1 Å². The van der Waals surface area contributed by atoms with E-state index in [9.17, 15) is 0 Å². The first-order valence-corrected chi connectivity index (χ1v) is 9.08. The highest BCUT2D eigenvalue weighted by molar-refractivity contribution is 6.19. The van der Waals surface area contributed by atoms with Gasteiger partial charge in [0.1, 0.15) is 11.3 Å². The van der Waals surface area contributed by atoms with Crippen LogP contribution in [0.2, 0.25) is 0 Å². The predicted molar refractivity (Wildman–Crippen MR) is 113 cm³/mol. The molecular formula is C24H16BO3. The third-order valence-electron chi connectivity index (χ3n) is 4.97. The fourth-order valence-electron chi connectivity index (χ4n) is 3.78. The van der Waals surface area contributed by atoms with E-state index >= 15 is 0 Å². The van der Waals surface area contributed by atoms with Crippen molar-refractivity contribution in [2.24, 2.45) is 0 Å². The van der Waals surface area contributed by atoms with Crippen LogP contribution in [0.1, 0.15) is 0 Å². The van der Waals surface area contributed by atoms with Crippen molar-refractivity contribution in [3.8, 4) is 28.0 Å². The molecule has 5 aromatic rings. The number of hydrogen-bond donors (Lipinski definition) is 1. The lowest BCUT2D eigenvalue weighted by molar-refractivity contribution is 0.451.